The zero-order chi connectivity index (χ0) is 32.4. The molecule has 45 heavy (non-hydrogen) atoms. The van der Waals surface area contributed by atoms with Crippen LogP contribution >= 0.6 is 0 Å². The van der Waals surface area contributed by atoms with Gasteiger partial charge in [0.1, 0.15) is 0 Å². The number of ketones is 1. The van der Waals surface area contributed by atoms with E-state index in [1.54, 1.807) is 0 Å². The highest BCUT2D eigenvalue weighted by Crippen LogP contribution is 2.71. The first-order valence-corrected chi connectivity index (χ1v) is 17.5. The number of para-hydroxylation sites is 1. The minimum Gasteiger partial charge on any atom is -0.393 e. The van der Waals surface area contributed by atoms with Gasteiger partial charge >= 0.3 is 6.03 Å². The van der Waals surface area contributed by atoms with E-state index in [0.29, 0.717) is 30.7 Å². The van der Waals surface area contributed by atoms with Crippen LogP contribution in [0.5, 0.6) is 0 Å². The van der Waals surface area contributed by atoms with E-state index in [9.17, 15) is 19.5 Å². The average Bonchev–Trinajstić information content (AvgIpc) is 2.98. The minimum atomic E-state index is -0.521. The minimum absolute atomic E-state index is 0.0153. The number of carbonyl (C=O) groups is 3. The maximum atomic E-state index is 14.4. The van der Waals surface area contributed by atoms with Crippen LogP contribution in [0.1, 0.15) is 99.3 Å². The molecule has 3 amide bonds. The fourth-order valence-electron chi connectivity index (χ4n) is 11.4. The van der Waals surface area contributed by atoms with Gasteiger partial charge in [-0.15, -0.1) is 0 Å². The SMILES string of the molecule is CC1(C(=O)NCCNC(=O)Nc2ccccc2)CCC2(C)CCC3C(=CC(=O)C4C3(C)CCC3C(C)(C)C(O)CCC34C)C2C1. The van der Waals surface area contributed by atoms with E-state index >= 15 is 0 Å². The first-order valence-electron chi connectivity index (χ1n) is 17.5. The molecule has 0 saturated heterocycles. The number of hydrogen-bond acceptors (Lipinski definition) is 4. The molecule has 0 radical (unpaired) electrons. The van der Waals surface area contributed by atoms with Crippen molar-refractivity contribution < 1.29 is 19.5 Å². The standard InChI is InChI=1S/C38H55N3O4/c1-34(2)29-13-16-37(5)26-12-15-35(3)18-19-36(4,32(44)39-20-21-40-33(45)41-24-10-8-7-9-11-24)23-27(35)25(26)22-28(42)31(37)38(29,6)17-14-30(34)43/h7-11,22,26-27,29-31,43H,12-21,23H2,1-6H3,(H,39,44)(H2,40,41,45). The molecule has 0 spiro atoms. The third-order valence-electron chi connectivity index (χ3n) is 14.0. The summed E-state index contributed by atoms with van der Waals surface area (Å²) in [6.07, 6.45) is 10.3. The van der Waals surface area contributed by atoms with Crippen LogP contribution in [-0.2, 0) is 9.59 Å². The molecule has 5 aliphatic carbocycles. The number of urea groups is 1. The summed E-state index contributed by atoms with van der Waals surface area (Å²) in [6, 6.07) is 9.00. The highest BCUT2D eigenvalue weighted by molar-refractivity contribution is 5.95. The molecule has 1 aromatic carbocycles. The topological polar surface area (TPSA) is 108 Å². The van der Waals surface area contributed by atoms with Crippen molar-refractivity contribution in [3.05, 3.63) is 42.0 Å². The third kappa shape index (κ3) is 5.25. The monoisotopic (exact) mass is 617 g/mol. The van der Waals surface area contributed by atoms with Crippen molar-refractivity contribution >= 4 is 23.4 Å². The second kappa shape index (κ2) is 11.2. The van der Waals surface area contributed by atoms with E-state index in [1.807, 2.05) is 30.3 Å². The van der Waals surface area contributed by atoms with Gasteiger partial charge in [0.2, 0.25) is 5.91 Å². The van der Waals surface area contributed by atoms with E-state index in [4.69, 9.17) is 0 Å². The number of benzene rings is 1. The van der Waals surface area contributed by atoms with Gasteiger partial charge in [-0.1, -0.05) is 65.3 Å². The zero-order valence-corrected chi connectivity index (χ0v) is 28.3. The number of aliphatic hydroxyl groups excluding tert-OH is 1. The van der Waals surface area contributed by atoms with Gasteiger partial charge in [-0.05, 0) is 115 Å². The normalized spacial score (nSPS) is 41.7. The second-order valence-electron chi connectivity index (χ2n) is 17.0. The summed E-state index contributed by atoms with van der Waals surface area (Å²) in [5, 5.41) is 19.7. The van der Waals surface area contributed by atoms with E-state index in [-0.39, 0.29) is 51.5 Å². The van der Waals surface area contributed by atoms with Crippen molar-refractivity contribution in [3.63, 3.8) is 0 Å². The number of carbonyl (C=O) groups excluding carboxylic acids is 3. The third-order valence-corrected chi connectivity index (χ3v) is 14.0. The predicted molar refractivity (Wildman–Crippen MR) is 177 cm³/mol. The molecule has 9 atom stereocenters. The highest BCUT2D eigenvalue weighted by atomic mass is 16.3. The Morgan fingerprint density at radius 2 is 1.51 bits per heavy atom. The molecule has 5 aliphatic rings. The van der Waals surface area contributed by atoms with Gasteiger partial charge in [0, 0.05) is 30.1 Å². The molecule has 1 aromatic rings. The number of anilines is 1. The molecule has 0 aromatic heterocycles. The quantitative estimate of drug-likeness (QED) is 0.270. The number of allylic oxidation sites excluding steroid dienone is 2. The summed E-state index contributed by atoms with van der Waals surface area (Å²) >= 11 is 0. The van der Waals surface area contributed by atoms with Crippen molar-refractivity contribution in [1.82, 2.24) is 10.6 Å². The smallest absolute Gasteiger partial charge is 0.319 e. The molecule has 6 rings (SSSR count). The van der Waals surface area contributed by atoms with Crippen LogP contribution in [0.25, 0.3) is 0 Å². The number of hydrogen-bond donors (Lipinski definition) is 4. The summed E-state index contributed by atoms with van der Waals surface area (Å²) in [6.45, 7) is 14.4. The molecule has 0 bridgehead atoms. The molecule has 4 N–H and O–H groups in total. The van der Waals surface area contributed by atoms with E-state index in [1.165, 1.54) is 5.57 Å². The Kier molecular flexibility index (Phi) is 8.06. The number of aliphatic hydroxyl groups is 1. The predicted octanol–water partition coefficient (Wildman–Crippen LogP) is 6.88. The Balaban J connectivity index is 1.16. The highest BCUT2D eigenvalue weighted by Gasteiger charge is 2.67. The summed E-state index contributed by atoms with van der Waals surface area (Å²) in [5.74, 6) is 1.23. The van der Waals surface area contributed by atoms with E-state index in [2.05, 4.69) is 63.6 Å². The average molecular weight is 618 g/mol. The Morgan fingerprint density at radius 1 is 0.822 bits per heavy atom. The summed E-state index contributed by atoms with van der Waals surface area (Å²) in [5.41, 5.74) is 1.23. The molecular formula is C38H55N3O4. The summed E-state index contributed by atoms with van der Waals surface area (Å²) < 4.78 is 0. The van der Waals surface area contributed by atoms with Gasteiger partial charge in [0.05, 0.1) is 6.10 Å². The van der Waals surface area contributed by atoms with E-state index < -0.39 is 5.41 Å². The molecule has 0 heterocycles. The van der Waals surface area contributed by atoms with Crippen molar-refractivity contribution in [2.24, 2.45) is 50.7 Å². The number of amides is 3. The van der Waals surface area contributed by atoms with Crippen molar-refractivity contribution in [2.45, 2.75) is 105 Å². The molecule has 4 fully saturated rings. The molecule has 7 heteroatoms. The summed E-state index contributed by atoms with van der Waals surface area (Å²) in [7, 11) is 0. The Bertz CT molecular complexity index is 1370. The van der Waals surface area contributed by atoms with Gasteiger partial charge in [-0.25, -0.2) is 4.79 Å². The van der Waals surface area contributed by atoms with Gasteiger partial charge in [-0.3, -0.25) is 9.59 Å². The van der Waals surface area contributed by atoms with Crippen LogP contribution in [0, 0.1) is 50.7 Å². The largest absolute Gasteiger partial charge is 0.393 e. The van der Waals surface area contributed by atoms with Crippen molar-refractivity contribution in [1.29, 1.82) is 0 Å². The first-order chi connectivity index (χ1) is 21.1. The maximum absolute atomic E-state index is 14.4. The second-order valence-corrected chi connectivity index (χ2v) is 17.0. The molecule has 4 saturated carbocycles. The molecule has 0 aliphatic heterocycles. The van der Waals surface area contributed by atoms with Crippen LogP contribution in [0.3, 0.4) is 0 Å². The number of rotatable bonds is 5. The van der Waals surface area contributed by atoms with Crippen LogP contribution in [-0.4, -0.2) is 42.0 Å². The van der Waals surface area contributed by atoms with E-state index in [0.717, 1.165) is 63.5 Å². The molecule has 7 nitrogen and oxygen atoms in total. The maximum Gasteiger partial charge on any atom is 0.319 e. The Morgan fingerprint density at radius 3 is 2.24 bits per heavy atom. The van der Waals surface area contributed by atoms with Crippen LogP contribution in [0.4, 0.5) is 10.5 Å². The lowest BCUT2D eigenvalue weighted by molar-refractivity contribution is -0.188. The van der Waals surface area contributed by atoms with Crippen LogP contribution < -0.4 is 16.0 Å². The number of nitrogens with one attached hydrogen (secondary N) is 3. The lowest BCUT2D eigenvalue weighted by Crippen LogP contribution is -2.64. The van der Waals surface area contributed by atoms with Gasteiger partial charge in [-0.2, -0.15) is 0 Å². The molecular weight excluding hydrogens is 562 g/mol. The van der Waals surface area contributed by atoms with Crippen LogP contribution in [0.2, 0.25) is 0 Å². The lowest BCUT2D eigenvalue weighted by Gasteiger charge is -2.67. The van der Waals surface area contributed by atoms with Gasteiger partial charge in [0.25, 0.3) is 0 Å². The zero-order valence-electron chi connectivity index (χ0n) is 28.3. The van der Waals surface area contributed by atoms with Gasteiger partial charge < -0.3 is 21.1 Å². The van der Waals surface area contributed by atoms with Crippen molar-refractivity contribution in [3.8, 4) is 0 Å². The Labute approximate surface area is 269 Å². The summed E-state index contributed by atoms with van der Waals surface area (Å²) in [4.78, 5) is 40.4. The van der Waals surface area contributed by atoms with Crippen LogP contribution in [0.15, 0.2) is 42.0 Å². The molecule has 246 valence electrons. The fourth-order valence-corrected chi connectivity index (χ4v) is 11.4. The van der Waals surface area contributed by atoms with Crippen molar-refractivity contribution in [2.75, 3.05) is 18.4 Å². The van der Waals surface area contributed by atoms with Gasteiger partial charge in [0.15, 0.2) is 5.78 Å². The fraction of sp³-hybridized carbons (Fsp3) is 0.711. The molecule has 9 unspecified atom stereocenters. The number of fused-ring (bicyclic) bond motifs is 7. The first kappa shape index (κ1) is 32.3. The Hall–Kier alpha value is -2.67. The lowest BCUT2D eigenvalue weighted by atomic mass is 9.37.